The molecule has 2 aromatic heterocycles. The van der Waals surface area contributed by atoms with Crippen molar-refractivity contribution >= 4 is 56.2 Å². The largest absolute Gasteiger partial charge is 0.322 e. The maximum Gasteiger partial charge on any atom is 0.255 e. The van der Waals surface area contributed by atoms with E-state index in [1.165, 1.54) is 0 Å². The van der Waals surface area contributed by atoms with Crippen LogP contribution in [0, 0.1) is 0 Å². The van der Waals surface area contributed by atoms with Crippen molar-refractivity contribution in [3.05, 3.63) is 84.4 Å². The van der Waals surface area contributed by atoms with Crippen LogP contribution in [0.25, 0.3) is 38.5 Å². The summed E-state index contributed by atoms with van der Waals surface area (Å²) in [5, 5.41) is 14.4. The standard InChI is InChI=1S/C23H14N6OS/c30-23(15-8-10-19-21(12-15)28-31-27-19)24-16-9-11-18-20(13-16)26-29(25-18)22-7-3-5-14-4-1-2-6-17(14)22/h1-13H,(H,24,30). The van der Waals surface area contributed by atoms with Crippen molar-refractivity contribution in [1.29, 1.82) is 0 Å². The molecule has 0 saturated heterocycles. The molecule has 6 rings (SSSR count). The summed E-state index contributed by atoms with van der Waals surface area (Å²) in [5.41, 5.74) is 5.04. The number of carbonyl (C=O) groups is 1. The summed E-state index contributed by atoms with van der Waals surface area (Å²) >= 11 is 1.13. The van der Waals surface area contributed by atoms with Crippen LogP contribution in [0.5, 0.6) is 0 Å². The van der Waals surface area contributed by atoms with Crippen LogP contribution in [0.1, 0.15) is 10.4 Å². The van der Waals surface area contributed by atoms with Gasteiger partial charge in [0.2, 0.25) is 0 Å². The molecular weight excluding hydrogens is 408 g/mol. The fourth-order valence-electron chi connectivity index (χ4n) is 3.61. The lowest BCUT2D eigenvalue weighted by Crippen LogP contribution is -2.11. The van der Waals surface area contributed by atoms with Gasteiger partial charge in [-0.15, -0.1) is 15.0 Å². The highest BCUT2D eigenvalue weighted by atomic mass is 32.1. The van der Waals surface area contributed by atoms with E-state index in [1.54, 1.807) is 23.0 Å². The predicted octanol–water partition coefficient (Wildman–Crippen LogP) is 4.83. The molecule has 1 N–H and O–H groups in total. The molecule has 4 aromatic carbocycles. The van der Waals surface area contributed by atoms with Crippen molar-refractivity contribution in [3.8, 4) is 5.69 Å². The minimum Gasteiger partial charge on any atom is -0.322 e. The first kappa shape index (κ1) is 17.7. The number of anilines is 1. The molecule has 0 saturated carbocycles. The summed E-state index contributed by atoms with van der Waals surface area (Å²) in [6.45, 7) is 0. The van der Waals surface area contributed by atoms with Gasteiger partial charge in [0.1, 0.15) is 22.1 Å². The lowest BCUT2D eigenvalue weighted by atomic mass is 10.1. The van der Waals surface area contributed by atoms with Crippen molar-refractivity contribution in [1.82, 2.24) is 23.7 Å². The number of carbonyl (C=O) groups excluding carboxylic acids is 1. The average molecular weight is 422 g/mol. The first-order valence-electron chi connectivity index (χ1n) is 9.63. The highest BCUT2D eigenvalue weighted by Crippen LogP contribution is 2.24. The van der Waals surface area contributed by atoms with E-state index in [0.717, 1.165) is 39.2 Å². The summed E-state index contributed by atoms with van der Waals surface area (Å²) in [6.07, 6.45) is 0. The number of nitrogens with one attached hydrogen (secondary N) is 1. The molecule has 0 bridgehead atoms. The van der Waals surface area contributed by atoms with E-state index < -0.39 is 0 Å². The van der Waals surface area contributed by atoms with Gasteiger partial charge < -0.3 is 5.32 Å². The Balaban J connectivity index is 1.33. The number of hydrogen-bond acceptors (Lipinski definition) is 6. The minimum atomic E-state index is -0.212. The van der Waals surface area contributed by atoms with E-state index in [4.69, 9.17) is 0 Å². The van der Waals surface area contributed by atoms with Crippen molar-refractivity contribution in [3.63, 3.8) is 0 Å². The van der Waals surface area contributed by atoms with Crippen LogP contribution in [0.4, 0.5) is 5.69 Å². The summed E-state index contributed by atoms with van der Waals surface area (Å²) in [6, 6.07) is 25.0. The lowest BCUT2D eigenvalue weighted by molar-refractivity contribution is 0.102. The van der Waals surface area contributed by atoms with Crippen LogP contribution < -0.4 is 5.32 Å². The summed E-state index contributed by atoms with van der Waals surface area (Å²) < 4.78 is 8.36. The van der Waals surface area contributed by atoms with E-state index in [9.17, 15) is 4.79 Å². The predicted molar refractivity (Wildman–Crippen MR) is 122 cm³/mol. The number of nitrogens with zero attached hydrogens (tertiary/aromatic N) is 5. The molecule has 0 unspecified atom stereocenters. The van der Waals surface area contributed by atoms with Crippen LogP contribution in [-0.4, -0.2) is 29.6 Å². The Morgan fingerprint density at radius 3 is 2.55 bits per heavy atom. The van der Waals surface area contributed by atoms with E-state index in [2.05, 4.69) is 42.5 Å². The minimum absolute atomic E-state index is 0.212. The zero-order valence-electron chi connectivity index (χ0n) is 16.1. The zero-order valence-corrected chi connectivity index (χ0v) is 16.9. The van der Waals surface area contributed by atoms with Crippen molar-refractivity contribution < 1.29 is 4.79 Å². The topological polar surface area (TPSA) is 85.6 Å². The van der Waals surface area contributed by atoms with Gasteiger partial charge in [-0.25, -0.2) is 0 Å². The summed E-state index contributed by atoms with van der Waals surface area (Å²) in [5.74, 6) is -0.212. The number of fused-ring (bicyclic) bond motifs is 3. The van der Waals surface area contributed by atoms with Crippen LogP contribution in [0.3, 0.4) is 0 Å². The third-order valence-electron chi connectivity index (χ3n) is 5.14. The Kier molecular flexibility index (Phi) is 3.97. The van der Waals surface area contributed by atoms with E-state index in [-0.39, 0.29) is 5.91 Å². The fraction of sp³-hybridized carbons (Fsp3) is 0. The molecule has 148 valence electrons. The molecule has 8 heteroatoms. The van der Waals surface area contributed by atoms with Crippen molar-refractivity contribution in [2.75, 3.05) is 5.32 Å². The molecule has 1 amide bonds. The van der Waals surface area contributed by atoms with Gasteiger partial charge in [0.25, 0.3) is 5.91 Å². The summed E-state index contributed by atoms with van der Waals surface area (Å²) in [4.78, 5) is 14.3. The van der Waals surface area contributed by atoms with E-state index in [1.807, 2.05) is 42.5 Å². The van der Waals surface area contributed by atoms with Gasteiger partial charge in [-0.05, 0) is 47.9 Å². The monoisotopic (exact) mass is 422 g/mol. The lowest BCUT2D eigenvalue weighted by Gasteiger charge is -2.05. The smallest absolute Gasteiger partial charge is 0.255 e. The Morgan fingerprint density at radius 1 is 0.774 bits per heavy atom. The second-order valence-corrected chi connectivity index (χ2v) is 7.64. The number of amides is 1. The Bertz CT molecular complexity index is 1600. The zero-order chi connectivity index (χ0) is 20.8. The molecule has 0 spiro atoms. The first-order valence-corrected chi connectivity index (χ1v) is 10.4. The van der Waals surface area contributed by atoms with Crippen molar-refractivity contribution in [2.24, 2.45) is 0 Å². The molecule has 0 radical (unpaired) electrons. The molecule has 0 aliphatic rings. The highest BCUT2D eigenvalue weighted by molar-refractivity contribution is 7.00. The molecule has 31 heavy (non-hydrogen) atoms. The van der Waals surface area contributed by atoms with Gasteiger partial charge >= 0.3 is 0 Å². The van der Waals surface area contributed by atoms with E-state index >= 15 is 0 Å². The maximum atomic E-state index is 12.7. The van der Waals surface area contributed by atoms with Gasteiger partial charge in [-0.1, -0.05) is 36.4 Å². The third kappa shape index (κ3) is 3.10. The normalized spacial score (nSPS) is 11.4. The van der Waals surface area contributed by atoms with Gasteiger partial charge in [0.15, 0.2) is 0 Å². The van der Waals surface area contributed by atoms with Gasteiger partial charge in [-0.3, -0.25) is 4.79 Å². The number of rotatable bonds is 3. The quantitative estimate of drug-likeness (QED) is 0.441. The van der Waals surface area contributed by atoms with E-state index in [0.29, 0.717) is 22.3 Å². The Labute approximate surface area is 180 Å². The second kappa shape index (κ2) is 6.96. The number of hydrogen-bond donors (Lipinski definition) is 1. The third-order valence-corrected chi connectivity index (χ3v) is 5.69. The number of benzene rings is 4. The molecular formula is C23H14N6OS. The van der Waals surface area contributed by atoms with Gasteiger partial charge in [0.05, 0.1) is 17.4 Å². The van der Waals surface area contributed by atoms with Gasteiger partial charge in [-0.2, -0.15) is 8.75 Å². The molecule has 6 aromatic rings. The molecule has 0 fully saturated rings. The molecule has 2 heterocycles. The highest BCUT2D eigenvalue weighted by Gasteiger charge is 2.12. The Morgan fingerprint density at radius 2 is 1.58 bits per heavy atom. The molecule has 0 aliphatic heterocycles. The van der Waals surface area contributed by atoms with Crippen LogP contribution >= 0.6 is 11.7 Å². The van der Waals surface area contributed by atoms with Gasteiger partial charge in [0, 0.05) is 16.6 Å². The summed E-state index contributed by atoms with van der Waals surface area (Å²) in [7, 11) is 0. The average Bonchev–Trinajstić information content (AvgIpc) is 3.44. The second-order valence-electron chi connectivity index (χ2n) is 7.11. The van der Waals surface area contributed by atoms with Crippen LogP contribution in [0.2, 0.25) is 0 Å². The number of aromatic nitrogens is 5. The fourth-order valence-corrected chi connectivity index (χ4v) is 4.13. The van der Waals surface area contributed by atoms with Crippen molar-refractivity contribution in [2.45, 2.75) is 0 Å². The van der Waals surface area contributed by atoms with Crippen LogP contribution in [-0.2, 0) is 0 Å². The maximum absolute atomic E-state index is 12.7. The molecule has 7 nitrogen and oxygen atoms in total. The Hall–Kier alpha value is -4.17. The molecule has 0 atom stereocenters. The SMILES string of the molecule is O=C(Nc1ccc2nn(-c3cccc4ccccc34)nc2c1)c1ccc2nsnc2c1. The molecule has 0 aliphatic carbocycles. The first-order chi connectivity index (χ1) is 15.2. The van der Waals surface area contributed by atoms with Crippen LogP contribution in [0.15, 0.2) is 78.9 Å².